The first-order valence-corrected chi connectivity index (χ1v) is 11.7. The van der Waals surface area contributed by atoms with Crippen molar-refractivity contribution < 1.29 is 14.3 Å². The largest absolute Gasteiger partial charge is 0.491 e. The van der Waals surface area contributed by atoms with Crippen LogP contribution in [0.5, 0.6) is 5.75 Å². The number of nitrogens with one attached hydrogen (secondary N) is 2. The van der Waals surface area contributed by atoms with Gasteiger partial charge in [0, 0.05) is 18.4 Å². The first-order valence-electron chi connectivity index (χ1n) is 11.7. The zero-order valence-corrected chi connectivity index (χ0v) is 18.5. The van der Waals surface area contributed by atoms with Gasteiger partial charge in [-0.2, -0.15) is 0 Å². The molecule has 0 saturated heterocycles. The molecule has 0 aromatic heterocycles. The zero-order valence-electron chi connectivity index (χ0n) is 18.5. The molecule has 2 amide bonds. The quantitative estimate of drug-likeness (QED) is 0.604. The van der Waals surface area contributed by atoms with Gasteiger partial charge in [-0.1, -0.05) is 17.7 Å². The summed E-state index contributed by atoms with van der Waals surface area (Å²) in [5.74, 6) is 3.46. The normalized spacial score (nSPS) is 28.9. The molecule has 2 N–H and O–H groups in total. The van der Waals surface area contributed by atoms with Crippen molar-refractivity contribution in [3.8, 4) is 5.75 Å². The number of hydrogen-bond acceptors (Lipinski definition) is 3. The van der Waals surface area contributed by atoms with Crippen LogP contribution in [-0.2, 0) is 9.59 Å². The lowest BCUT2D eigenvalue weighted by Crippen LogP contribution is -2.53. The van der Waals surface area contributed by atoms with Crippen LogP contribution in [0.2, 0.25) is 0 Å². The number of amides is 2. The van der Waals surface area contributed by atoms with E-state index in [2.05, 4.69) is 23.6 Å². The average Bonchev–Trinajstić information content (AvgIpc) is 2.68. The van der Waals surface area contributed by atoms with Crippen LogP contribution in [0.4, 0.5) is 0 Å². The minimum absolute atomic E-state index is 0.0169. The highest BCUT2D eigenvalue weighted by molar-refractivity contribution is 5.83. The minimum atomic E-state index is -0.0948. The Morgan fingerprint density at radius 3 is 2.30 bits per heavy atom. The average molecular weight is 413 g/mol. The highest BCUT2D eigenvalue weighted by Gasteiger charge is 2.54. The third-order valence-corrected chi connectivity index (χ3v) is 7.40. The Labute approximate surface area is 180 Å². The van der Waals surface area contributed by atoms with E-state index in [4.69, 9.17) is 4.74 Å². The van der Waals surface area contributed by atoms with Crippen molar-refractivity contribution in [1.82, 2.24) is 10.6 Å². The third kappa shape index (κ3) is 4.81. The molecule has 4 aliphatic rings. The molecule has 4 saturated carbocycles. The first kappa shape index (κ1) is 21.2. The van der Waals surface area contributed by atoms with Crippen molar-refractivity contribution >= 4 is 11.8 Å². The molecule has 4 fully saturated rings. The molecule has 4 aliphatic carbocycles. The summed E-state index contributed by atoms with van der Waals surface area (Å²) in [6.07, 6.45) is 8.43. The summed E-state index contributed by atoms with van der Waals surface area (Å²) >= 11 is 0. The maximum atomic E-state index is 12.9. The molecule has 0 radical (unpaired) electrons. The van der Waals surface area contributed by atoms with E-state index in [0.717, 1.165) is 48.3 Å². The second-order valence-electron chi connectivity index (χ2n) is 10.0. The Kier molecular flexibility index (Phi) is 6.35. The maximum absolute atomic E-state index is 12.9. The zero-order chi connectivity index (χ0) is 21.1. The van der Waals surface area contributed by atoms with Gasteiger partial charge >= 0.3 is 0 Å². The van der Waals surface area contributed by atoms with Gasteiger partial charge in [-0.3, -0.25) is 9.59 Å². The third-order valence-electron chi connectivity index (χ3n) is 7.40. The Hall–Kier alpha value is -2.04. The summed E-state index contributed by atoms with van der Waals surface area (Å²) < 4.78 is 5.74. The van der Waals surface area contributed by atoms with E-state index >= 15 is 0 Å². The van der Waals surface area contributed by atoms with Crippen LogP contribution in [-0.4, -0.2) is 31.5 Å². The Balaban J connectivity index is 1.10. The van der Waals surface area contributed by atoms with Crippen molar-refractivity contribution in [2.75, 3.05) is 19.7 Å². The van der Waals surface area contributed by atoms with E-state index in [1.165, 1.54) is 24.8 Å². The minimum Gasteiger partial charge on any atom is -0.491 e. The van der Waals surface area contributed by atoms with Crippen LogP contribution in [0.25, 0.3) is 0 Å². The molecule has 5 rings (SSSR count). The molecule has 4 bridgehead atoms. The lowest BCUT2D eigenvalue weighted by atomic mass is 9.49. The Bertz CT molecular complexity index is 753. The molecule has 0 heterocycles. The maximum Gasteiger partial charge on any atom is 0.226 e. The van der Waals surface area contributed by atoms with Crippen LogP contribution >= 0.6 is 0 Å². The summed E-state index contributed by atoms with van der Waals surface area (Å²) in [4.78, 5) is 25.0. The molecule has 0 aliphatic heterocycles. The van der Waals surface area contributed by atoms with Crippen LogP contribution in [0.15, 0.2) is 18.2 Å². The molecule has 0 spiro atoms. The highest BCUT2D eigenvalue weighted by atomic mass is 16.5. The number of benzene rings is 1. The fraction of sp³-hybridized carbons (Fsp3) is 0.680. The van der Waals surface area contributed by atoms with E-state index in [-0.39, 0.29) is 17.2 Å². The number of hydrogen-bond donors (Lipinski definition) is 2. The summed E-state index contributed by atoms with van der Waals surface area (Å²) in [6, 6.07) is 6.09. The van der Waals surface area contributed by atoms with Crippen LogP contribution in [0.3, 0.4) is 0 Å². The number of rotatable bonds is 9. The molecule has 0 unspecified atom stereocenters. The predicted octanol–water partition coefficient (Wildman–Crippen LogP) is 3.91. The second kappa shape index (κ2) is 8.99. The van der Waals surface area contributed by atoms with Crippen LogP contribution in [0, 0.1) is 37.0 Å². The van der Waals surface area contributed by atoms with Gasteiger partial charge in [0.15, 0.2) is 0 Å². The van der Waals surface area contributed by atoms with Crippen molar-refractivity contribution in [2.45, 2.75) is 65.2 Å². The molecule has 30 heavy (non-hydrogen) atoms. The van der Waals surface area contributed by atoms with Gasteiger partial charge in [-0.05, 0) is 88.2 Å². The van der Waals surface area contributed by atoms with Crippen molar-refractivity contribution in [1.29, 1.82) is 0 Å². The highest BCUT2D eigenvalue weighted by Crippen LogP contribution is 2.60. The standard InChI is InChI=1S/C25H36N2O3/c1-17-5-6-22(18(2)10-17)30-9-8-26-23(28)4-3-7-27-24(29)25-14-19-11-20(15-25)13-21(12-19)16-25/h5-6,10,19-21H,3-4,7-9,11-16H2,1-2H3,(H,26,28)(H,27,29). The summed E-state index contributed by atoms with van der Waals surface area (Å²) in [5.41, 5.74) is 2.22. The number of ether oxygens (including phenoxy) is 1. The van der Waals surface area contributed by atoms with E-state index in [1.54, 1.807) is 0 Å². The second-order valence-corrected chi connectivity index (χ2v) is 10.0. The molecule has 5 nitrogen and oxygen atoms in total. The lowest BCUT2D eigenvalue weighted by molar-refractivity contribution is -0.146. The molecular formula is C25H36N2O3. The van der Waals surface area contributed by atoms with E-state index in [0.29, 0.717) is 32.5 Å². The lowest BCUT2D eigenvalue weighted by Gasteiger charge is -2.55. The molecule has 164 valence electrons. The summed E-state index contributed by atoms with van der Waals surface area (Å²) in [7, 11) is 0. The van der Waals surface area contributed by atoms with E-state index < -0.39 is 0 Å². The summed E-state index contributed by atoms with van der Waals surface area (Å²) in [6.45, 7) is 5.62. The van der Waals surface area contributed by atoms with Gasteiger partial charge in [0.25, 0.3) is 0 Å². The van der Waals surface area contributed by atoms with Gasteiger partial charge in [0.1, 0.15) is 12.4 Å². The molecular weight excluding hydrogens is 376 g/mol. The van der Waals surface area contributed by atoms with Gasteiger partial charge in [0.2, 0.25) is 11.8 Å². The first-order chi connectivity index (χ1) is 14.4. The Morgan fingerprint density at radius 2 is 1.67 bits per heavy atom. The van der Waals surface area contributed by atoms with Crippen LogP contribution in [0.1, 0.15) is 62.5 Å². The molecule has 0 atom stereocenters. The fourth-order valence-corrected chi connectivity index (χ4v) is 6.43. The number of aryl methyl sites for hydroxylation is 2. The smallest absolute Gasteiger partial charge is 0.226 e. The van der Waals surface area contributed by atoms with Crippen molar-refractivity contribution in [3.05, 3.63) is 29.3 Å². The van der Waals surface area contributed by atoms with Gasteiger partial charge in [-0.25, -0.2) is 0 Å². The topological polar surface area (TPSA) is 67.4 Å². The SMILES string of the molecule is Cc1ccc(OCCNC(=O)CCCNC(=O)C23CC4CC(CC(C4)C2)C3)c(C)c1. The number of carbonyl (C=O) groups is 2. The number of carbonyl (C=O) groups excluding carboxylic acids is 2. The molecule has 1 aromatic carbocycles. The van der Waals surface area contributed by atoms with E-state index in [9.17, 15) is 9.59 Å². The van der Waals surface area contributed by atoms with Gasteiger partial charge in [-0.15, -0.1) is 0 Å². The van der Waals surface area contributed by atoms with Crippen molar-refractivity contribution in [2.24, 2.45) is 23.2 Å². The molecule has 5 heteroatoms. The molecule has 1 aromatic rings. The van der Waals surface area contributed by atoms with Crippen LogP contribution < -0.4 is 15.4 Å². The monoisotopic (exact) mass is 412 g/mol. The van der Waals surface area contributed by atoms with E-state index in [1.807, 2.05) is 19.1 Å². The van der Waals surface area contributed by atoms with Gasteiger partial charge < -0.3 is 15.4 Å². The van der Waals surface area contributed by atoms with Gasteiger partial charge in [0.05, 0.1) is 6.54 Å². The summed E-state index contributed by atoms with van der Waals surface area (Å²) in [5, 5.41) is 6.05. The van der Waals surface area contributed by atoms with Crippen molar-refractivity contribution in [3.63, 3.8) is 0 Å². The Morgan fingerprint density at radius 1 is 1.00 bits per heavy atom. The predicted molar refractivity (Wildman–Crippen MR) is 117 cm³/mol. The fourth-order valence-electron chi connectivity index (χ4n) is 6.43.